The van der Waals surface area contributed by atoms with Crippen molar-refractivity contribution in [3.8, 4) is 0 Å². The third-order valence-corrected chi connectivity index (χ3v) is 6.77. The first kappa shape index (κ1) is 16.8. The third kappa shape index (κ3) is 3.26. The van der Waals surface area contributed by atoms with Crippen LogP contribution in [0.1, 0.15) is 48.9 Å². The van der Waals surface area contributed by atoms with Crippen LogP contribution in [0.15, 0.2) is 32.2 Å². The van der Waals surface area contributed by atoms with E-state index in [-0.39, 0.29) is 11.1 Å². The summed E-state index contributed by atoms with van der Waals surface area (Å²) in [5, 5.41) is 4.02. The molecule has 136 valence electrons. The number of aryl methyl sites for hydroxylation is 1. The molecule has 2 aromatic rings. The predicted molar refractivity (Wildman–Crippen MR) is 90.3 cm³/mol. The van der Waals surface area contributed by atoms with Gasteiger partial charge in [0.2, 0.25) is 5.09 Å². The van der Waals surface area contributed by atoms with Gasteiger partial charge >= 0.3 is 0 Å². The van der Waals surface area contributed by atoms with Crippen molar-refractivity contribution in [2.24, 2.45) is 0 Å². The molecular formula is C17H23N3O4S. The summed E-state index contributed by atoms with van der Waals surface area (Å²) >= 11 is 0. The molecule has 7 nitrogen and oxygen atoms in total. The Morgan fingerprint density at radius 2 is 2.00 bits per heavy atom. The fourth-order valence-electron chi connectivity index (χ4n) is 3.72. The molecule has 2 saturated heterocycles. The van der Waals surface area contributed by atoms with Gasteiger partial charge in [-0.2, -0.15) is 4.31 Å². The minimum absolute atomic E-state index is 0.0515. The van der Waals surface area contributed by atoms with Crippen molar-refractivity contribution in [3.05, 3.63) is 35.4 Å². The fourth-order valence-corrected chi connectivity index (χ4v) is 5.16. The standard InChI is InChI=1S/C17H23N3O4S/c1-13-11-16(24-18-13)15-5-4-8-19(15)12-14-6-7-17(23-14)25(21,22)20-9-2-3-10-20/h6-7,11,15H,2-5,8-10,12H2,1H3/t15-/m1/s1. The summed E-state index contributed by atoms with van der Waals surface area (Å²) in [6.07, 6.45) is 3.91. The van der Waals surface area contributed by atoms with E-state index in [2.05, 4.69) is 10.1 Å². The van der Waals surface area contributed by atoms with Crippen LogP contribution in [-0.2, 0) is 16.6 Å². The first-order chi connectivity index (χ1) is 12.0. The Morgan fingerprint density at radius 3 is 2.72 bits per heavy atom. The highest BCUT2D eigenvalue weighted by Gasteiger charge is 2.32. The van der Waals surface area contributed by atoms with Crippen LogP contribution < -0.4 is 0 Å². The van der Waals surface area contributed by atoms with E-state index in [1.54, 1.807) is 12.1 Å². The minimum Gasteiger partial charge on any atom is -0.447 e. The molecule has 0 unspecified atom stereocenters. The van der Waals surface area contributed by atoms with E-state index < -0.39 is 10.0 Å². The number of rotatable bonds is 5. The first-order valence-corrected chi connectivity index (χ1v) is 10.2. The molecule has 4 rings (SSSR count). The second-order valence-electron chi connectivity index (χ2n) is 6.83. The Hall–Kier alpha value is -1.64. The number of furan rings is 1. The molecule has 2 aliphatic rings. The number of aromatic nitrogens is 1. The Bertz CT molecular complexity index is 836. The maximum absolute atomic E-state index is 12.6. The third-order valence-electron chi connectivity index (χ3n) is 4.99. The lowest BCUT2D eigenvalue weighted by Crippen LogP contribution is -2.27. The van der Waals surface area contributed by atoms with E-state index in [1.807, 2.05) is 13.0 Å². The summed E-state index contributed by atoms with van der Waals surface area (Å²) in [6.45, 7) is 4.57. The number of sulfonamides is 1. The SMILES string of the molecule is Cc1cc([C@H]2CCCN2Cc2ccc(S(=O)(=O)N3CCCC3)o2)on1. The Kier molecular flexibility index (Phi) is 4.43. The molecule has 2 fully saturated rings. The van der Waals surface area contributed by atoms with Crippen molar-refractivity contribution < 1.29 is 17.4 Å². The smallest absolute Gasteiger partial charge is 0.276 e. The van der Waals surface area contributed by atoms with Gasteiger partial charge in [0.1, 0.15) is 5.76 Å². The molecular weight excluding hydrogens is 342 g/mol. The number of likely N-dealkylation sites (tertiary alicyclic amines) is 1. The Labute approximate surface area is 147 Å². The van der Waals surface area contributed by atoms with Gasteiger partial charge in [0.05, 0.1) is 18.3 Å². The average molecular weight is 365 g/mol. The number of hydrogen-bond acceptors (Lipinski definition) is 6. The van der Waals surface area contributed by atoms with Gasteiger partial charge < -0.3 is 8.94 Å². The van der Waals surface area contributed by atoms with E-state index in [1.165, 1.54) is 4.31 Å². The molecule has 4 heterocycles. The molecule has 0 amide bonds. The van der Waals surface area contributed by atoms with Crippen LogP contribution in [-0.4, -0.2) is 42.4 Å². The average Bonchev–Trinajstić information content (AvgIpc) is 3.36. The summed E-state index contributed by atoms with van der Waals surface area (Å²) in [7, 11) is -3.49. The molecule has 0 bridgehead atoms. The molecule has 0 aromatic carbocycles. The second kappa shape index (κ2) is 6.59. The van der Waals surface area contributed by atoms with Gasteiger partial charge in [0, 0.05) is 19.2 Å². The van der Waals surface area contributed by atoms with Crippen molar-refractivity contribution >= 4 is 10.0 Å². The van der Waals surface area contributed by atoms with E-state index in [9.17, 15) is 8.42 Å². The fraction of sp³-hybridized carbons (Fsp3) is 0.588. The van der Waals surface area contributed by atoms with Gasteiger partial charge in [-0.25, -0.2) is 8.42 Å². The van der Waals surface area contributed by atoms with Crippen molar-refractivity contribution in [1.29, 1.82) is 0 Å². The van der Waals surface area contributed by atoms with Gasteiger partial charge in [0.15, 0.2) is 5.76 Å². The molecule has 8 heteroatoms. The van der Waals surface area contributed by atoms with Crippen LogP contribution in [0.4, 0.5) is 0 Å². The molecule has 0 aliphatic carbocycles. The summed E-state index contributed by atoms with van der Waals surface area (Å²) in [4.78, 5) is 2.26. The molecule has 0 N–H and O–H groups in total. The van der Waals surface area contributed by atoms with Crippen LogP contribution in [0.3, 0.4) is 0 Å². The van der Waals surface area contributed by atoms with Crippen LogP contribution in [0.5, 0.6) is 0 Å². The zero-order valence-electron chi connectivity index (χ0n) is 14.3. The molecule has 2 aliphatic heterocycles. The minimum atomic E-state index is -3.49. The quantitative estimate of drug-likeness (QED) is 0.810. The van der Waals surface area contributed by atoms with Crippen LogP contribution in [0.2, 0.25) is 0 Å². The monoisotopic (exact) mass is 365 g/mol. The molecule has 1 atom stereocenters. The second-order valence-corrected chi connectivity index (χ2v) is 8.70. The Morgan fingerprint density at radius 1 is 1.20 bits per heavy atom. The van der Waals surface area contributed by atoms with Gasteiger partial charge in [-0.3, -0.25) is 4.90 Å². The predicted octanol–water partition coefficient (Wildman–Crippen LogP) is 2.70. The van der Waals surface area contributed by atoms with E-state index >= 15 is 0 Å². The summed E-state index contributed by atoms with van der Waals surface area (Å²) in [6, 6.07) is 5.48. The summed E-state index contributed by atoms with van der Waals surface area (Å²) in [5.74, 6) is 1.53. The highest BCUT2D eigenvalue weighted by Crippen LogP contribution is 2.34. The topological polar surface area (TPSA) is 79.8 Å². The molecule has 0 spiro atoms. The Balaban J connectivity index is 1.49. The van der Waals surface area contributed by atoms with Gasteiger partial charge in [-0.1, -0.05) is 5.16 Å². The summed E-state index contributed by atoms with van der Waals surface area (Å²) < 4.78 is 37.8. The molecule has 0 radical (unpaired) electrons. The van der Waals surface area contributed by atoms with Gasteiger partial charge in [-0.05, 0) is 51.3 Å². The van der Waals surface area contributed by atoms with E-state index in [0.717, 1.165) is 43.7 Å². The molecule has 25 heavy (non-hydrogen) atoms. The lowest BCUT2D eigenvalue weighted by atomic mass is 10.1. The lowest BCUT2D eigenvalue weighted by Gasteiger charge is -2.20. The van der Waals surface area contributed by atoms with Crippen molar-refractivity contribution in [2.45, 2.75) is 50.3 Å². The van der Waals surface area contributed by atoms with Crippen molar-refractivity contribution in [1.82, 2.24) is 14.4 Å². The van der Waals surface area contributed by atoms with Crippen molar-refractivity contribution in [2.75, 3.05) is 19.6 Å². The zero-order valence-corrected chi connectivity index (χ0v) is 15.2. The van der Waals surface area contributed by atoms with Gasteiger partial charge in [-0.15, -0.1) is 0 Å². The highest BCUT2D eigenvalue weighted by atomic mass is 32.2. The van der Waals surface area contributed by atoms with E-state index in [4.69, 9.17) is 8.94 Å². The largest absolute Gasteiger partial charge is 0.447 e. The normalized spacial score (nSPS) is 22.8. The van der Waals surface area contributed by atoms with E-state index in [0.29, 0.717) is 25.4 Å². The summed E-state index contributed by atoms with van der Waals surface area (Å²) in [5.41, 5.74) is 0.874. The molecule has 2 aromatic heterocycles. The molecule has 0 saturated carbocycles. The van der Waals surface area contributed by atoms with Crippen molar-refractivity contribution in [3.63, 3.8) is 0 Å². The maximum atomic E-state index is 12.6. The maximum Gasteiger partial charge on any atom is 0.276 e. The van der Waals surface area contributed by atoms with Crippen LogP contribution in [0.25, 0.3) is 0 Å². The van der Waals surface area contributed by atoms with Gasteiger partial charge in [0.25, 0.3) is 10.0 Å². The number of nitrogens with zero attached hydrogens (tertiary/aromatic N) is 3. The van der Waals surface area contributed by atoms with Crippen LogP contribution in [0, 0.1) is 6.92 Å². The lowest BCUT2D eigenvalue weighted by molar-refractivity contribution is 0.189. The zero-order chi connectivity index (χ0) is 17.4. The number of hydrogen-bond donors (Lipinski definition) is 0. The first-order valence-electron chi connectivity index (χ1n) is 8.80. The highest BCUT2D eigenvalue weighted by molar-refractivity contribution is 7.89. The van der Waals surface area contributed by atoms with Crippen LogP contribution >= 0.6 is 0 Å².